The van der Waals surface area contributed by atoms with Gasteiger partial charge in [-0.05, 0) is 100 Å². The predicted molar refractivity (Wildman–Crippen MR) is 284 cm³/mol. The molecule has 4 heterocycles. The molecule has 1 aromatic carbocycles. The number of carbonyl (C=O) groups is 4. The highest BCUT2D eigenvalue weighted by Gasteiger charge is 2.55. The van der Waals surface area contributed by atoms with Crippen LogP contribution in [0.3, 0.4) is 0 Å². The second kappa shape index (κ2) is 26.6. The number of aliphatic hydroxyl groups excluding tert-OH is 2. The molecule has 0 aliphatic carbocycles. The lowest BCUT2D eigenvalue weighted by Crippen LogP contribution is -2.61. The number of hydrogen-bond acceptors (Lipinski definition) is 19. The van der Waals surface area contributed by atoms with Gasteiger partial charge in [0.1, 0.15) is 34.8 Å². The molecule has 3 aliphatic heterocycles. The summed E-state index contributed by atoms with van der Waals surface area (Å²) >= 11 is 1.49. The Morgan fingerprint density at radius 3 is 2.17 bits per heavy atom. The summed E-state index contributed by atoms with van der Waals surface area (Å²) in [6, 6.07) is 5.07. The highest BCUT2D eigenvalue weighted by atomic mass is 32.2. The number of likely N-dealkylation sites (N-methyl/N-ethyl adjacent to an activating group) is 1. The fourth-order valence-corrected chi connectivity index (χ4v) is 12.3. The van der Waals surface area contributed by atoms with Gasteiger partial charge in [-0.2, -0.15) is 0 Å². The number of hydrogen-bond donors (Lipinski definition) is 5. The van der Waals surface area contributed by atoms with Crippen molar-refractivity contribution < 1.29 is 77.5 Å². The van der Waals surface area contributed by atoms with E-state index in [2.05, 4.69) is 5.32 Å². The number of cyclic esters (lactones) is 1. The number of aromatic carboxylic acids is 1. The Morgan fingerprint density at radius 1 is 0.908 bits per heavy atom. The van der Waals surface area contributed by atoms with Gasteiger partial charge in [0.2, 0.25) is 5.43 Å². The topological polar surface area (TPSA) is 260 Å². The number of carboxylic acids is 1. The molecule has 21 heteroatoms. The number of nitrogens with one attached hydrogen (secondary N) is 1. The number of aryl methyl sites for hydroxylation is 1. The highest BCUT2D eigenvalue weighted by Crippen LogP contribution is 2.42. The van der Waals surface area contributed by atoms with E-state index in [1.165, 1.54) is 46.0 Å². The Balaban J connectivity index is 1.35. The summed E-state index contributed by atoms with van der Waals surface area (Å²) in [5.74, 6) is -6.02. The number of carboxylic acid groups (broad SMARTS) is 1. The molecule has 20 nitrogen and oxygen atoms in total. The number of fused-ring (bicyclic) bond motifs is 1. The lowest BCUT2D eigenvalue weighted by molar-refractivity contribution is -0.320. The molecule has 0 amide bonds. The zero-order valence-electron chi connectivity index (χ0n) is 47.2. The van der Waals surface area contributed by atoms with Gasteiger partial charge in [-0.1, -0.05) is 27.7 Å². The third kappa shape index (κ3) is 14.2. The van der Waals surface area contributed by atoms with Crippen molar-refractivity contribution in [2.45, 2.75) is 204 Å². The number of esters is 2. The van der Waals surface area contributed by atoms with Gasteiger partial charge in [0, 0.05) is 86.3 Å². The van der Waals surface area contributed by atoms with Gasteiger partial charge >= 0.3 is 17.9 Å². The van der Waals surface area contributed by atoms with E-state index in [1.807, 2.05) is 51.9 Å². The summed E-state index contributed by atoms with van der Waals surface area (Å²) in [6.45, 7) is 20.2. The Bertz CT molecular complexity index is 2370. The number of benzene rings is 1. The second-order valence-corrected chi connectivity index (χ2v) is 23.3. The molecule has 430 valence electrons. The smallest absolute Gasteiger partial charge is 0.341 e. The van der Waals surface area contributed by atoms with Crippen LogP contribution in [-0.2, 0) is 58.8 Å². The van der Waals surface area contributed by atoms with E-state index in [0.29, 0.717) is 42.7 Å². The molecule has 3 fully saturated rings. The van der Waals surface area contributed by atoms with E-state index in [9.17, 15) is 44.4 Å². The highest BCUT2D eigenvalue weighted by molar-refractivity contribution is 7.99. The average molecular weight is 1090 g/mol. The number of ketones is 1. The molecular formula is C55H87N3O17S. The minimum atomic E-state index is -2.03. The molecule has 1 aromatic heterocycles. The van der Waals surface area contributed by atoms with Gasteiger partial charge in [-0.3, -0.25) is 19.2 Å². The van der Waals surface area contributed by atoms with Gasteiger partial charge in [0.25, 0.3) is 0 Å². The molecule has 0 bridgehead atoms. The number of aromatic nitrogens is 1. The normalized spacial score (nSPS) is 37.2. The maximum absolute atomic E-state index is 14.6. The number of methoxy groups -OCH3 is 2. The van der Waals surface area contributed by atoms with Crippen LogP contribution in [0.25, 0.3) is 10.9 Å². The third-order valence-corrected chi connectivity index (χ3v) is 17.2. The van der Waals surface area contributed by atoms with Crippen molar-refractivity contribution in [3.05, 3.63) is 40.2 Å². The van der Waals surface area contributed by atoms with Crippen molar-refractivity contribution >= 4 is 46.4 Å². The Kier molecular flexibility index (Phi) is 22.1. The maximum atomic E-state index is 14.6. The monoisotopic (exact) mass is 1090 g/mol. The first kappa shape index (κ1) is 63.3. The van der Waals surface area contributed by atoms with Crippen LogP contribution >= 0.6 is 11.8 Å². The van der Waals surface area contributed by atoms with Crippen LogP contribution in [0.4, 0.5) is 0 Å². The number of pyridine rings is 1. The predicted octanol–water partition coefficient (Wildman–Crippen LogP) is 4.80. The van der Waals surface area contributed by atoms with Crippen molar-refractivity contribution in [3.8, 4) is 0 Å². The van der Waals surface area contributed by atoms with Crippen molar-refractivity contribution in [1.29, 1.82) is 0 Å². The number of carbonyl (C=O) groups excluding carboxylic acids is 3. The van der Waals surface area contributed by atoms with E-state index in [0.717, 1.165) is 4.90 Å². The average Bonchev–Trinajstić information content (AvgIpc) is 3.37. The standard InChI is InChI=1S/C55H87N3O17S/c1-16-40-55(11,67)47(63)31(5)43(60)29(3)26-53(9,68-14)48(75-52-45(62)39(57(12)13)24-30(4)70-52)32(6)46(33(7)51(66)72-40)74-42-27-54(10,69-15)49(34(8)71-42)73-41(59)20-21-56-22-23-76-35-18-19-38-36(25-35)44(61)37(50(64)65)28-58(38)17-2/h18-19,25,28-34,39-40,42,45-49,52,56,62-63,67H,16-17,20-24,26-27H2,1-15H3,(H,64,65)/t29-,30+,31+,32+,33-,34+,39-,40-,42+,45+,46+,47-,48-,49+,52-,53-,54-,55-/m1/s1. The van der Waals surface area contributed by atoms with Crippen LogP contribution in [0, 0.1) is 23.7 Å². The molecule has 18 atom stereocenters. The number of Topliss-reactive ketones (excluding diaryl/α,β-unsaturated/α-hetero) is 1. The summed E-state index contributed by atoms with van der Waals surface area (Å²) in [6.07, 6.45) is -8.22. The van der Waals surface area contributed by atoms with E-state index in [1.54, 1.807) is 52.2 Å². The van der Waals surface area contributed by atoms with E-state index in [-0.39, 0.29) is 49.2 Å². The number of nitrogens with zero attached hydrogens (tertiary/aromatic N) is 2. The maximum Gasteiger partial charge on any atom is 0.341 e. The molecule has 0 saturated carbocycles. The lowest BCUT2D eigenvalue weighted by Gasteiger charge is -2.50. The van der Waals surface area contributed by atoms with Crippen molar-refractivity contribution in [3.63, 3.8) is 0 Å². The SMILES string of the molecule is CC[C@H]1OC(=O)[C@H](C)[C@@H](O[C@H]2C[C@@](C)(OC)[C@@H](OC(=O)CCNCCSc3ccc4c(c3)c(=O)c(C(=O)O)cn4CC)[C@H](C)O2)[C@H](C)[C@@H](O[C@H]2O[C@@H](C)C[C@@H](N(C)C)[C@@H]2O)[C@](C)(OC)C[C@@H](C)C(=O)[C@H](C)[C@@H](O)[C@]1(C)O. The number of thioether (sulfide) groups is 1. The molecule has 0 spiro atoms. The Hall–Kier alpha value is -3.58. The molecule has 3 aliphatic rings. The zero-order valence-corrected chi connectivity index (χ0v) is 48.0. The quantitative estimate of drug-likeness (QED) is 0.0763. The van der Waals surface area contributed by atoms with Gasteiger partial charge < -0.3 is 73.1 Å². The Morgan fingerprint density at radius 2 is 1.57 bits per heavy atom. The fraction of sp³-hybridized carbons (Fsp3) is 0.764. The Labute approximate surface area is 452 Å². The zero-order chi connectivity index (χ0) is 56.8. The number of rotatable bonds is 18. The van der Waals surface area contributed by atoms with E-state index >= 15 is 0 Å². The van der Waals surface area contributed by atoms with Crippen molar-refractivity contribution in [2.24, 2.45) is 23.7 Å². The summed E-state index contributed by atoms with van der Waals surface area (Å²) in [7, 11) is 6.72. The van der Waals surface area contributed by atoms with Crippen LogP contribution in [-0.4, -0.2) is 185 Å². The van der Waals surface area contributed by atoms with Crippen LogP contribution in [0.1, 0.15) is 119 Å². The summed E-state index contributed by atoms with van der Waals surface area (Å²) in [5, 5.41) is 48.4. The summed E-state index contributed by atoms with van der Waals surface area (Å²) < 4.78 is 53.0. The fourth-order valence-electron chi connectivity index (χ4n) is 11.4. The molecule has 2 aromatic rings. The lowest BCUT2D eigenvalue weighted by atomic mass is 9.74. The molecule has 3 saturated heterocycles. The van der Waals surface area contributed by atoms with Gasteiger partial charge in [-0.15, -0.1) is 11.8 Å². The van der Waals surface area contributed by atoms with Crippen LogP contribution < -0.4 is 10.7 Å². The molecule has 5 rings (SSSR count). The first-order valence-electron chi connectivity index (χ1n) is 26.7. The molecule has 5 N–H and O–H groups in total. The first-order valence-corrected chi connectivity index (χ1v) is 27.7. The van der Waals surface area contributed by atoms with Gasteiger partial charge in [0.05, 0.1) is 54.0 Å². The molecule has 0 radical (unpaired) electrons. The minimum Gasteiger partial charge on any atom is -0.477 e. The van der Waals surface area contributed by atoms with Crippen molar-refractivity contribution in [1.82, 2.24) is 14.8 Å². The van der Waals surface area contributed by atoms with Crippen molar-refractivity contribution in [2.75, 3.05) is 47.2 Å². The third-order valence-electron chi connectivity index (χ3n) is 16.2. The van der Waals surface area contributed by atoms with Crippen LogP contribution in [0.2, 0.25) is 0 Å². The second-order valence-electron chi connectivity index (χ2n) is 22.1. The largest absolute Gasteiger partial charge is 0.477 e. The van der Waals surface area contributed by atoms with Crippen LogP contribution in [0.15, 0.2) is 34.1 Å². The van der Waals surface area contributed by atoms with Gasteiger partial charge in [-0.25, -0.2) is 4.79 Å². The number of ether oxygens (including phenoxy) is 8. The number of aliphatic hydroxyl groups is 3. The van der Waals surface area contributed by atoms with Crippen LogP contribution in [0.5, 0.6) is 0 Å². The van der Waals surface area contributed by atoms with E-state index < -0.39 is 119 Å². The molecule has 76 heavy (non-hydrogen) atoms. The molecule has 0 unspecified atom stereocenters. The van der Waals surface area contributed by atoms with Gasteiger partial charge in [0.15, 0.2) is 18.7 Å². The minimum absolute atomic E-state index is 0.0241. The first-order chi connectivity index (χ1) is 35.6. The summed E-state index contributed by atoms with van der Waals surface area (Å²) in [4.78, 5) is 69.7. The molecular weight excluding hydrogens is 1010 g/mol. The summed E-state index contributed by atoms with van der Waals surface area (Å²) in [5.41, 5.74) is -4.68. The van der Waals surface area contributed by atoms with E-state index in [4.69, 9.17) is 37.9 Å².